The standard InChI is InChI=1S/C9H11ClN6/c1-5-7(10)11-3-12-8(5)15-6(2)9-13-4-14-16-9/h3-4,6H,1-2H3,(H,11,12,15)(H,13,14,16). The summed E-state index contributed by atoms with van der Waals surface area (Å²) in [5.41, 5.74) is 0.815. The van der Waals surface area contributed by atoms with Gasteiger partial charge in [-0.25, -0.2) is 15.0 Å². The van der Waals surface area contributed by atoms with Crippen LogP contribution >= 0.6 is 11.6 Å². The first-order valence-corrected chi connectivity index (χ1v) is 5.15. The summed E-state index contributed by atoms with van der Waals surface area (Å²) in [6, 6.07) is -0.0211. The molecule has 0 spiro atoms. The molecule has 0 amide bonds. The van der Waals surface area contributed by atoms with E-state index in [1.165, 1.54) is 12.7 Å². The van der Waals surface area contributed by atoms with Crippen LogP contribution in [-0.2, 0) is 0 Å². The van der Waals surface area contributed by atoms with Gasteiger partial charge in [-0.05, 0) is 13.8 Å². The van der Waals surface area contributed by atoms with Gasteiger partial charge in [0.15, 0.2) is 0 Å². The van der Waals surface area contributed by atoms with Crippen LogP contribution in [0.25, 0.3) is 0 Å². The Morgan fingerprint density at radius 3 is 2.81 bits per heavy atom. The number of rotatable bonds is 3. The second-order valence-electron chi connectivity index (χ2n) is 3.37. The third-order valence-corrected chi connectivity index (χ3v) is 2.60. The number of nitrogens with one attached hydrogen (secondary N) is 2. The summed E-state index contributed by atoms with van der Waals surface area (Å²) in [5.74, 6) is 1.44. The minimum absolute atomic E-state index is 0.0211. The lowest BCUT2D eigenvalue weighted by molar-refractivity contribution is 0.787. The summed E-state index contributed by atoms with van der Waals surface area (Å²) in [7, 11) is 0. The first-order chi connectivity index (χ1) is 7.68. The molecule has 1 atom stereocenters. The molecule has 0 aliphatic carbocycles. The van der Waals surface area contributed by atoms with Crippen LogP contribution in [0.2, 0.25) is 5.15 Å². The van der Waals surface area contributed by atoms with E-state index in [4.69, 9.17) is 11.6 Å². The van der Waals surface area contributed by atoms with Gasteiger partial charge in [0.25, 0.3) is 0 Å². The number of halogens is 1. The van der Waals surface area contributed by atoms with Gasteiger partial charge in [0, 0.05) is 5.56 Å². The Morgan fingerprint density at radius 2 is 2.12 bits per heavy atom. The van der Waals surface area contributed by atoms with Crippen molar-refractivity contribution in [2.75, 3.05) is 5.32 Å². The highest BCUT2D eigenvalue weighted by Gasteiger charge is 2.11. The number of H-pyrrole nitrogens is 1. The minimum atomic E-state index is -0.0211. The fourth-order valence-electron chi connectivity index (χ4n) is 1.27. The molecular weight excluding hydrogens is 228 g/mol. The van der Waals surface area contributed by atoms with Gasteiger partial charge in [0.1, 0.15) is 29.5 Å². The van der Waals surface area contributed by atoms with E-state index < -0.39 is 0 Å². The molecule has 0 aliphatic heterocycles. The molecule has 6 nitrogen and oxygen atoms in total. The number of anilines is 1. The average molecular weight is 239 g/mol. The topological polar surface area (TPSA) is 79.4 Å². The fourth-order valence-corrected chi connectivity index (χ4v) is 1.40. The summed E-state index contributed by atoms with van der Waals surface area (Å²) in [6.07, 6.45) is 2.89. The van der Waals surface area contributed by atoms with Crippen molar-refractivity contribution in [3.8, 4) is 0 Å². The maximum absolute atomic E-state index is 5.90. The third-order valence-electron chi connectivity index (χ3n) is 2.22. The van der Waals surface area contributed by atoms with Crippen molar-refractivity contribution >= 4 is 17.4 Å². The molecule has 0 saturated carbocycles. The number of aromatic amines is 1. The zero-order valence-corrected chi connectivity index (χ0v) is 9.65. The lowest BCUT2D eigenvalue weighted by Gasteiger charge is -2.13. The van der Waals surface area contributed by atoms with Gasteiger partial charge in [-0.15, -0.1) is 0 Å². The maximum atomic E-state index is 5.90. The van der Waals surface area contributed by atoms with Crippen molar-refractivity contribution < 1.29 is 0 Å². The Balaban J connectivity index is 2.18. The zero-order chi connectivity index (χ0) is 11.5. The predicted molar refractivity (Wildman–Crippen MR) is 60.2 cm³/mol. The third kappa shape index (κ3) is 2.11. The van der Waals surface area contributed by atoms with Gasteiger partial charge in [-0.3, -0.25) is 5.10 Å². The predicted octanol–water partition coefficient (Wildman–Crippen LogP) is 1.73. The molecule has 0 bridgehead atoms. The zero-order valence-electron chi connectivity index (χ0n) is 8.90. The monoisotopic (exact) mass is 238 g/mol. The van der Waals surface area contributed by atoms with Gasteiger partial charge in [-0.2, -0.15) is 5.10 Å². The van der Waals surface area contributed by atoms with Crippen molar-refractivity contribution in [2.45, 2.75) is 19.9 Å². The van der Waals surface area contributed by atoms with Crippen LogP contribution in [0, 0.1) is 6.92 Å². The minimum Gasteiger partial charge on any atom is -0.360 e. The van der Waals surface area contributed by atoms with E-state index in [2.05, 4.69) is 30.5 Å². The SMILES string of the molecule is Cc1c(Cl)ncnc1NC(C)c1ncn[nH]1. The molecular formula is C9H11ClN6. The molecule has 2 aromatic rings. The Labute approximate surface area is 97.5 Å². The van der Waals surface area contributed by atoms with Crippen LogP contribution in [0.5, 0.6) is 0 Å². The normalized spacial score (nSPS) is 12.4. The molecule has 2 N–H and O–H groups in total. The average Bonchev–Trinajstić information content (AvgIpc) is 2.78. The molecule has 0 fully saturated rings. The van der Waals surface area contributed by atoms with E-state index >= 15 is 0 Å². The van der Waals surface area contributed by atoms with Crippen molar-refractivity contribution in [2.24, 2.45) is 0 Å². The molecule has 84 valence electrons. The highest BCUT2D eigenvalue weighted by atomic mass is 35.5. The van der Waals surface area contributed by atoms with Gasteiger partial charge >= 0.3 is 0 Å². The van der Waals surface area contributed by atoms with E-state index in [-0.39, 0.29) is 6.04 Å². The second kappa shape index (κ2) is 4.44. The van der Waals surface area contributed by atoms with Crippen molar-refractivity contribution in [3.05, 3.63) is 29.2 Å². The first kappa shape index (κ1) is 10.8. The lowest BCUT2D eigenvalue weighted by atomic mass is 10.3. The van der Waals surface area contributed by atoms with Gasteiger partial charge in [0.2, 0.25) is 0 Å². The molecule has 16 heavy (non-hydrogen) atoms. The lowest BCUT2D eigenvalue weighted by Crippen LogP contribution is -2.11. The first-order valence-electron chi connectivity index (χ1n) is 4.77. The van der Waals surface area contributed by atoms with Crippen LogP contribution in [-0.4, -0.2) is 25.1 Å². The number of hydrogen-bond acceptors (Lipinski definition) is 5. The van der Waals surface area contributed by atoms with Crippen LogP contribution in [0.3, 0.4) is 0 Å². The Bertz CT molecular complexity index is 469. The summed E-state index contributed by atoms with van der Waals surface area (Å²) < 4.78 is 0. The van der Waals surface area contributed by atoms with Crippen LogP contribution in [0.15, 0.2) is 12.7 Å². The summed E-state index contributed by atoms with van der Waals surface area (Å²) in [4.78, 5) is 12.1. The molecule has 2 rings (SSSR count). The summed E-state index contributed by atoms with van der Waals surface area (Å²) >= 11 is 5.90. The second-order valence-corrected chi connectivity index (χ2v) is 3.73. The quantitative estimate of drug-likeness (QED) is 0.796. The van der Waals surface area contributed by atoms with E-state index in [9.17, 15) is 0 Å². The van der Waals surface area contributed by atoms with Crippen molar-refractivity contribution in [3.63, 3.8) is 0 Å². The van der Waals surface area contributed by atoms with Crippen LogP contribution in [0.1, 0.15) is 24.4 Å². The number of hydrogen-bond donors (Lipinski definition) is 2. The van der Waals surface area contributed by atoms with Gasteiger partial charge in [-0.1, -0.05) is 11.6 Å². The molecule has 0 saturated heterocycles. The van der Waals surface area contributed by atoms with Crippen molar-refractivity contribution in [1.82, 2.24) is 25.1 Å². The van der Waals surface area contributed by atoms with Crippen molar-refractivity contribution in [1.29, 1.82) is 0 Å². The highest BCUT2D eigenvalue weighted by Crippen LogP contribution is 2.21. The Kier molecular flexibility index (Phi) is 3.00. The largest absolute Gasteiger partial charge is 0.360 e. The fraction of sp³-hybridized carbons (Fsp3) is 0.333. The Hall–Kier alpha value is -1.69. The van der Waals surface area contributed by atoms with Gasteiger partial charge in [0.05, 0.1) is 6.04 Å². The summed E-state index contributed by atoms with van der Waals surface area (Å²) in [5, 5.41) is 10.2. The molecule has 7 heteroatoms. The van der Waals surface area contributed by atoms with Crippen LogP contribution in [0.4, 0.5) is 5.82 Å². The van der Waals surface area contributed by atoms with Crippen LogP contribution < -0.4 is 5.32 Å². The summed E-state index contributed by atoms with van der Waals surface area (Å²) in [6.45, 7) is 3.81. The van der Waals surface area contributed by atoms with E-state index in [0.717, 1.165) is 11.4 Å². The maximum Gasteiger partial charge on any atom is 0.146 e. The van der Waals surface area contributed by atoms with E-state index in [1.807, 2.05) is 13.8 Å². The molecule has 0 aromatic carbocycles. The molecule has 2 aromatic heterocycles. The van der Waals surface area contributed by atoms with E-state index in [0.29, 0.717) is 11.0 Å². The number of nitrogens with zero attached hydrogens (tertiary/aromatic N) is 4. The molecule has 2 heterocycles. The van der Waals surface area contributed by atoms with E-state index in [1.54, 1.807) is 0 Å². The molecule has 1 unspecified atom stereocenters. The molecule has 0 aliphatic rings. The highest BCUT2D eigenvalue weighted by molar-refractivity contribution is 6.30. The molecule has 0 radical (unpaired) electrons. The number of aromatic nitrogens is 5. The smallest absolute Gasteiger partial charge is 0.146 e. The Morgan fingerprint density at radius 1 is 1.31 bits per heavy atom. The van der Waals surface area contributed by atoms with Gasteiger partial charge < -0.3 is 5.32 Å².